The highest BCUT2D eigenvalue weighted by atomic mass is 19.1. The minimum absolute atomic E-state index is 0.161. The van der Waals surface area contributed by atoms with Crippen LogP contribution in [0, 0.1) is 0 Å². The first-order valence-corrected chi connectivity index (χ1v) is 10.1. The molecule has 1 saturated heterocycles. The molecule has 2 aliphatic rings. The standard InChI is InChI=1S/C23H21FN4O3/c24-17-11-19(28(13-17)12-16-3-1-4-20-21(16)31-14-30-20)23(29)27-18-7-5-15(6-8-18)22-25-9-2-10-26-22/h1-10,17,19H,11-14H2,(H,27,29)/t17-,19+/m0/s1. The molecule has 0 saturated carbocycles. The molecule has 7 nitrogen and oxygen atoms in total. The Kier molecular flexibility index (Phi) is 5.21. The minimum atomic E-state index is -1.05. The fourth-order valence-electron chi connectivity index (χ4n) is 4.01. The SMILES string of the molecule is O=C(Nc1ccc(-c2ncccn2)cc1)[C@H]1C[C@H](F)CN1Cc1cccc2c1OCO2. The van der Waals surface area contributed by atoms with Crippen LogP contribution in [0.2, 0.25) is 0 Å². The zero-order valence-corrected chi connectivity index (χ0v) is 16.7. The lowest BCUT2D eigenvalue weighted by Crippen LogP contribution is -2.39. The number of likely N-dealkylation sites (tertiary alicyclic amines) is 1. The van der Waals surface area contributed by atoms with Crippen LogP contribution in [0.5, 0.6) is 11.5 Å². The van der Waals surface area contributed by atoms with Crippen molar-refractivity contribution in [2.75, 3.05) is 18.7 Å². The van der Waals surface area contributed by atoms with Crippen LogP contribution in [0.4, 0.5) is 10.1 Å². The van der Waals surface area contributed by atoms with Crippen LogP contribution in [0.25, 0.3) is 11.4 Å². The number of hydrogen-bond donors (Lipinski definition) is 1. The van der Waals surface area contributed by atoms with Gasteiger partial charge in [0.05, 0.1) is 6.04 Å². The summed E-state index contributed by atoms with van der Waals surface area (Å²) in [5.41, 5.74) is 2.38. The number of para-hydroxylation sites is 1. The largest absolute Gasteiger partial charge is 0.454 e. The molecule has 1 aromatic heterocycles. The molecule has 0 spiro atoms. The highest BCUT2D eigenvalue weighted by Gasteiger charge is 2.37. The van der Waals surface area contributed by atoms with Gasteiger partial charge in [0.25, 0.3) is 0 Å². The molecule has 1 fully saturated rings. The van der Waals surface area contributed by atoms with E-state index < -0.39 is 12.2 Å². The van der Waals surface area contributed by atoms with Crippen LogP contribution in [0.1, 0.15) is 12.0 Å². The average Bonchev–Trinajstić information content (AvgIpc) is 3.42. The van der Waals surface area contributed by atoms with Crippen LogP contribution < -0.4 is 14.8 Å². The van der Waals surface area contributed by atoms with Crippen LogP contribution in [0.3, 0.4) is 0 Å². The summed E-state index contributed by atoms with van der Waals surface area (Å²) in [4.78, 5) is 23.2. The first-order valence-electron chi connectivity index (χ1n) is 10.1. The van der Waals surface area contributed by atoms with E-state index in [0.717, 1.165) is 11.1 Å². The smallest absolute Gasteiger partial charge is 0.241 e. The van der Waals surface area contributed by atoms with Gasteiger partial charge < -0.3 is 14.8 Å². The van der Waals surface area contributed by atoms with Gasteiger partial charge in [0.1, 0.15) is 6.17 Å². The average molecular weight is 420 g/mol. The molecule has 0 bridgehead atoms. The van der Waals surface area contributed by atoms with Crippen LogP contribution in [-0.2, 0) is 11.3 Å². The highest BCUT2D eigenvalue weighted by molar-refractivity contribution is 5.95. The first-order chi connectivity index (χ1) is 15.2. The summed E-state index contributed by atoms with van der Waals surface area (Å²) in [7, 11) is 0. The number of carbonyl (C=O) groups is 1. The molecule has 1 amide bonds. The van der Waals surface area contributed by atoms with E-state index in [1.54, 1.807) is 30.6 Å². The second-order valence-corrected chi connectivity index (χ2v) is 7.57. The van der Waals surface area contributed by atoms with Gasteiger partial charge in [-0.25, -0.2) is 14.4 Å². The normalized spacial score (nSPS) is 20.0. The van der Waals surface area contributed by atoms with Crippen LogP contribution in [-0.4, -0.2) is 46.3 Å². The van der Waals surface area contributed by atoms with Crippen molar-refractivity contribution in [3.8, 4) is 22.9 Å². The van der Waals surface area contributed by atoms with E-state index in [1.807, 2.05) is 35.2 Å². The Morgan fingerprint density at radius 2 is 1.90 bits per heavy atom. The van der Waals surface area contributed by atoms with Crippen molar-refractivity contribution in [1.29, 1.82) is 0 Å². The second kappa shape index (κ2) is 8.31. The van der Waals surface area contributed by atoms with Gasteiger partial charge in [0.15, 0.2) is 17.3 Å². The number of alkyl halides is 1. The summed E-state index contributed by atoms with van der Waals surface area (Å²) >= 11 is 0. The molecule has 3 aromatic rings. The van der Waals surface area contributed by atoms with Gasteiger partial charge in [-0.1, -0.05) is 12.1 Å². The molecule has 158 valence electrons. The quantitative estimate of drug-likeness (QED) is 0.682. The van der Waals surface area contributed by atoms with Gasteiger partial charge in [0.2, 0.25) is 12.7 Å². The summed E-state index contributed by atoms with van der Waals surface area (Å²) in [6.07, 6.45) is 2.47. The number of amides is 1. The predicted octanol–water partition coefficient (Wildman–Crippen LogP) is 3.42. The van der Waals surface area contributed by atoms with Crippen molar-refractivity contribution in [3.05, 3.63) is 66.5 Å². The monoisotopic (exact) mass is 420 g/mol. The van der Waals surface area contributed by atoms with E-state index in [-0.39, 0.29) is 25.7 Å². The number of aromatic nitrogens is 2. The number of halogens is 1. The summed E-state index contributed by atoms with van der Waals surface area (Å²) < 4.78 is 25.2. The molecule has 8 heteroatoms. The Balaban J connectivity index is 1.28. The van der Waals surface area contributed by atoms with E-state index in [0.29, 0.717) is 29.6 Å². The lowest BCUT2D eigenvalue weighted by atomic mass is 10.1. The topological polar surface area (TPSA) is 76.6 Å². The Bertz CT molecular complexity index is 1080. The molecular formula is C23H21FN4O3. The molecule has 31 heavy (non-hydrogen) atoms. The molecule has 2 aliphatic heterocycles. The second-order valence-electron chi connectivity index (χ2n) is 7.57. The molecule has 2 aromatic carbocycles. The van der Waals surface area contributed by atoms with Gasteiger partial charge >= 0.3 is 0 Å². The fraction of sp³-hybridized carbons (Fsp3) is 0.261. The summed E-state index contributed by atoms with van der Waals surface area (Å²) in [6.45, 7) is 0.786. The number of ether oxygens (including phenoxy) is 2. The van der Waals surface area contributed by atoms with Crippen molar-refractivity contribution in [2.24, 2.45) is 0 Å². The summed E-state index contributed by atoms with van der Waals surface area (Å²) in [5, 5.41) is 2.91. The van der Waals surface area contributed by atoms with E-state index in [1.165, 1.54) is 0 Å². The molecular weight excluding hydrogens is 399 g/mol. The number of anilines is 1. The lowest BCUT2D eigenvalue weighted by molar-refractivity contribution is -0.120. The maximum absolute atomic E-state index is 14.2. The molecule has 1 N–H and O–H groups in total. The van der Waals surface area contributed by atoms with Gasteiger partial charge in [-0.2, -0.15) is 0 Å². The zero-order valence-electron chi connectivity index (χ0n) is 16.7. The minimum Gasteiger partial charge on any atom is -0.454 e. The Morgan fingerprint density at radius 1 is 1.10 bits per heavy atom. The first kappa shape index (κ1) is 19.4. The third-order valence-electron chi connectivity index (χ3n) is 5.48. The molecule has 3 heterocycles. The van der Waals surface area contributed by atoms with Crippen molar-refractivity contribution in [2.45, 2.75) is 25.2 Å². The van der Waals surface area contributed by atoms with Gasteiger partial charge in [0, 0.05) is 48.7 Å². The van der Waals surface area contributed by atoms with E-state index in [2.05, 4.69) is 15.3 Å². The van der Waals surface area contributed by atoms with E-state index in [9.17, 15) is 9.18 Å². The zero-order chi connectivity index (χ0) is 21.2. The van der Waals surface area contributed by atoms with Crippen molar-refractivity contribution >= 4 is 11.6 Å². The summed E-state index contributed by atoms with van der Waals surface area (Å²) in [6, 6.07) is 14.1. The molecule has 5 rings (SSSR count). The Hall–Kier alpha value is -3.52. The maximum Gasteiger partial charge on any atom is 0.241 e. The van der Waals surface area contributed by atoms with Gasteiger partial charge in [-0.3, -0.25) is 9.69 Å². The lowest BCUT2D eigenvalue weighted by Gasteiger charge is -2.23. The maximum atomic E-state index is 14.2. The number of benzene rings is 2. The third kappa shape index (κ3) is 4.06. The van der Waals surface area contributed by atoms with Crippen molar-refractivity contribution in [1.82, 2.24) is 14.9 Å². The van der Waals surface area contributed by atoms with E-state index in [4.69, 9.17) is 9.47 Å². The third-order valence-corrected chi connectivity index (χ3v) is 5.48. The number of nitrogens with zero attached hydrogens (tertiary/aromatic N) is 3. The van der Waals surface area contributed by atoms with Crippen molar-refractivity contribution in [3.63, 3.8) is 0 Å². The van der Waals surface area contributed by atoms with E-state index >= 15 is 0 Å². The van der Waals surface area contributed by atoms with Crippen LogP contribution in [0.15, 0.2) is 60.9 Å². The number of rotatable bonds is 5. The predicted molar refractivity (Wildman–Crippen MR) is 112 cm³/mol. The highest BCUT2D eigenvalue weighted by Crippen LogP contribution is 2.37. The summed E-state index contributed by atoms with van der Waals surface area (Å²) in [5.74, 6) is 1.73. The van der Waals surface area contributed by atoms with Crippen molar-refractivity contribution < 1.29 is 18.7 Å². The van der Waals surface area contributed by atoms with Gasteiger partial charge in [-0.15, -0.1) is 0 Å². The van der Waals surface area contributed by atoms with Gasteiger partial charge in [-0.05, 0) is 36.4 Å². The number of carbonyl (C=O) groups excluding carboxylic acids is 1. The van der Waals surface area contributed by atoms with Crippen LogP contribution >= 0.6 is 0 Å². The molecule has 0 radical (unpaired) electrons. The molecule has 2 atom stereocenters. The number of fused-ring (bicyclic) bond motifs is 1. The molecule has 0 aliphatic carbocycles. The number of nitrogens with one attached hydrogen (secondary N) is 1. The number of hydrogen-bond acceptors (Lipinski definition) is 6. The fourth-order valence-corrected chi connectivity index (χ4v) is 4.01. The molecule has 0 unspecified atom stereocenters. The Morgan fingerprint density at radius 3 is 2.71 bits per heavy atom. The Labute approximate surface area is 178 Å².